The summed E-state index contributed by atoms with van der Waals surface area (Å²) in [5.41, 5.74) is 6.14. The highest BCUT2D eigenvalue weighted by Crippen LogP contribution is 2.14. The largest absolute Gasteiger partial charge is 0.394 e. The van der Waals surface area contributed by atoms with Crippen molar-refractivity contribution in [2.45, 2.75) is 45.8 Å². The Hall–Kier alpha value is 0.0969. The maximum absolute atomic E-state index is 6.05. The van der Waals surface area contributed by atoms with E-state index < -0.39 is 8.56 Å². The number of hydrogen-bond acceptors (Lipinski definition) is 3. The van der Waals surface area contributed by atoms with Crippen molar-refractivity contribution in [3.05, 3.63) is 0 Å². The van der Waals surface area contributed by atoms with Gasteiger partial charge in [-0.2, -0.15) is 0 Å². The van der Waals surface area contributed by atoms with E-state index in [1.165, 1.54) is 0 Å². The molecule has 0 radical (unpaired) electrons. The van der Waals surface area contributed by atoms with Crippen LogP contribution in [-0.4, -0.2) is 27.4 Å². The molecule has 4 heteroatoms. The molecule has 80 valence electrons. The van der Waals surface area contributed by atoms with E-state index in [2.05, 4.69) is 13.5 Å². The lowest BCUT2D eigenvalue weighted by atomic mass is 10.3. The second-order valence-electron chi connectivity index (χ2n) is 3.28. The minimum Gasteiger partial charge on any atom is -0.394 e. The molecular weight excluding hydrogens is 182 g/mol. The third-order valence-electron chi connectivity index (χ3n) is 2.14. The molecule has 0 fully saturated rings. The van der Waals surface area contributed by atoms with Crippen molar-refractivity contribution in [1.82, 2.24) is 0 Å². The summed E-state index contributed by atoms with van der Waals surface area (Å²) in [5.74, 6) is 0. The van der Waals surface area contributed by atoms with Crippen LogP contribution in [0.4, 0.5) is 0 Å². The van der Waals surface area contributed by atoms with Crippen LogP contribution in [0.2, 0.25) is 6.55 Å². The molecule has 0 aliphatic rings. The van der Waals surface area contributed by atoms with Crippen LogP contribution >= 0.6 is 0 Å². The van der Waals surface area contributed by atoms with Crippen molar-refractivity contribution in [1.29, 1.82) is 0 Å². The molecule has 0 saturated heterocycles. The van der Waals surface area contributed by atoms with Gasteiger partial charge in [-0.25, -0.2) is 0 Å². The minimum absolute atomic E-state index is 0.0948. The molecule has 0 aliphatic heterocycles. The van der Waals surface area contributed by atoms with Gasteiger partial charge in [0.05, 0.1) is 0 Å². The first-order valence-electron chi connectivity index (χ1n) is 5.14. The van der Waals surface area contributed by atoms with Crippen molar-refractivity contribution >= 4 is 8.56 Å². The number of hydrogen-bond donors (Lipinski definition) is 1. The van der Waals surface area contributed by atoms with E-state index in [0.717, 1.165) is 12.8 Å². The van der Waals surface area contributed by atoms with E-state index in [1.54, 1.807) is 0 Å². The first-order chi connectivity index (χ1) is 6.10. The van der Waals surface area contributed by atoms with Gasteiger partial charge in [0.2, 0.25) is 0 Å². The van der Waals surface area contributed by atoms with Gasteiger partial charge in [0.25, 0.3) is 0 Å². The molecule has 0 aromatic rings. The molecule has 0 heterocycles. The van der Waals surface area contributed by atoms with Gasteiger partial charge >= 0.3 is 8.56 Å². The zero-order valence-corrected chi connectivity index (χ0v) is 10.3. The summed E-state index contributed by atoms with van der Waals surface area (Å²) in [5, 5.41) is 0. The van der Waals surface area contributed by atoms with Crippen LogP contribution in [0, 0.1) is 0 Å². The van der Waals surface area contributed by atoms with Gasteiger partial charge in [0, 0.05) is 18.9 Å². The molecule has 0 aromatic heterocycles. The predicted molar refractivity (Wildman–Crippen MR) is 57.8 cm³/mol. The second kappa shape index (κ2) is 6.54. The highest BCUT2D eigenvalue weighted by molar-refractivity contribution is 6.67. The van der Waals surface area contributed by atoms with Crippen LogP contribution in [0.15, 0.2) is 0 Å². The fourth-order valence-corrected chi connectivity index (χ4v) is 3.87. The third-order valence-corrected chi connectivity index (χ3v) is 5.49. The zero-order chi connectivity index (χ0) is 10.3. The first-order valence-corrected chi connectivity index (χ1v) is 7.53. The third kappa shape index (κ3) is 4.22. The van der Waals surface area contributed by atoms with Crippen LogP contribution in [-0.2, 0) is 8.85 Å². The van der Waals surface area contributed by atoms with Gasteiger partial charge in [-0.1, -0.05) is 13.3 Å². The molecule has 0 amide bonds. The van der Waals surface area contributed by atoms with E-state index in [0.29, 0.717) is 13.2 Å². The molecule has 2 N–H and O–H groups in total. The minimum atomic E-state index is -2.10. The molecule has 0 rings (SSSR count). The Kier molecular flexibility index (Phi) is 6.58. The average Bonchev–Trinajstić information content (AvgIpc) is 2.05. The summed E-state index contributed by atoms with van der Waals surface area (Å²) >= 11 is 0. The van der Waals surface area contributed by atoms with Crippen LogP contribution < -0.4 is 5.73 Å². The van der Waals surface area contributed by atoms with Crippen molar-refractivity contribution in [3.63, 3.8) is 0 Å². The lowest BCUT2D eigenvalue weighted by molar-refractivity contribution is 0.178. The highest BCUT2D eigenvalue weighted by atomic mass is 28.4. The molecule has 3 nitrogen and oxygen atoms in total. The Morgan fingerprint density at radius 3 is 1.92 bits per heavy atom. The van der Waals surface area contributed by atoms with Crippen LogP contribution in [0.25, 0.3) is 0 Å². The van der Waals surface area contributed by atoms with Crippen LogP contribution in [0.3, 0.4) is 0 Å². The summed E-state index contributed by atoms with van der Waals surface area (Å²) in [6.07, 6.45) is 2.08. The molecule has 1 unspecified atom stereocenters. The fourth-order valence-electron chi connectivity index (χ4n) is 1.40. The predicted octanol–water partition coefficient (Wildman–Crippen LogP) is 1.80. The molecule has 13 heavy (non-hydrogen) atoms. The monoisotopic (exact) mass is 205 g/mol. The molecule has 0 aromatic carbocycles. The van der Waals surface area contributed by atoms with E-state index in [9.17, 15) is 0 Å². The smallest absolute Gasteiger partial charge is 0.352 e. The first kappa shape index (κ1) is 13.1. The Bertz CT molecular complexity index is 127. The lowest BCUT2D eigenvalue weighted by Gasteiger charge is -2.31. The van der Waals surface area contributed by atoms with Gasteiger partial charge in [0.15, 0.2) is 0 Å². The highest BCUT2D eigenvalue weighted by Gasteiger charge is 2.37. The van der Waals surface area contributed by atoms with Gasteiger partial charge in [-0.05, 0) is 26.8 Å². The summed E-state index contributed by atoms with van der Waals surface area (Å²) in [4.78, 5) is 0. The second-order valence-corrected chi connectivity index (χ2v) is 6.63. The topological polar surface area (TPSA) is 44.5 Å². The molecule has 0 spiro atoms. The van der Waals surface area contributed by atoms with Crippen molar-refractivity contribution < 1.29 is 8.85 Å². The molecular formula is C9H23NO2Si. The summed E-state index contributed by atoms with van der Waals surface area (Å²) in [6.45, 7) is 9.55. The van der Waals surface area contributed by atoms with E-state index in [-0.39, 0.29) is 5.67 Å². The summed E-state index contributed by atoms with van der Waals surface area (Å²) < 4.78 is 11.4. The standard InChI is InChI=1S/C9H23NO2Si/c1-5-8-9(10)13(4,11-6-2)12-7-3/h9H,5-8,10H2,1-4H3. The average molecular weight is 205 g/mol. The van der Waals surface area contributed by atoms with Crippen molar-refractivity contribution in [3.8, 4) is 0 Å². The summed E-state index contributed by atoms with van der Waals surface area (Å²) in [7, 11) is -2.10. The SMILES string of the molecule is CCCC(N)[Si](C)(OCC)OCC. The Morgan fingerprint density at radius 2 is 1.62 bits per heavy atom. The van der Waals surface area contributed by atoms with E-state index in [4.69, 9.17) is 14.6 Å². The van der Waals surface area contributed by atoms with Gasteiger partial charge in [-0.15, -0.1) is 0 Å². The Balaban J connectivity index is 4.18. The fraction of sp³-hybridized carbons (Fsp3) is 1.00. The van der Waals surface area contributed by atoms with Gasteiger partial charge in [0.1, 0.15) is 0 Å². The number of rotatable bonds is 7. The Labute approximate surface area is 82.9 Å². The molecule has 0 bridgehead atoms. The van der Waals surface area contributed by atoms with Gasteiger partial charge < -0.3 is 14.6 Å². The zero-order valence-electron chi connectivity index (χ0n) is 9.30. The van der Waals surface area contributed by atoms with Gasteiger partial charge in [-0.3, -0.25) is 0 Å². The molecule has 1 atom stereocenters. The lowest BCUT2D eigenvalue weighted by Crippen LogP contribution is -2.55. The van der Waals surface area contributed by atoms with Crippen molar-refractivity contribution in [2.75, 3.05) is 13.2 Å². The normalized spacial score (nSPS) is 14.5. The van der Waals surface area contributed by atoms with Crippen LogP contribution in [0.1, 0.15) is 33.6 Å². The van der Waals surface area contributed by atoms with Crippen molar-refractivity contribution in [2.24, 2.45) is 5.73 Å². The maximum atomic E-state index is 6.05. The molecule has 0 saturated carbocycles. The van der Waals surface area contributed by atoms with E-state index >= 15 is 0 Å². The van der Waals surface area contributed by atoms with E-state index in [1.807, 2.05) is 13.8 Å². The Morgan fingerprint density at radius 1 is 1.15 bits per heavy atom. The summed E-state index contributed by atoms with van der Waals surface area (Å²) in [6, 6.07) is 0. The maximum Gasteiger partial charge on any atom is 0.352 e. The quantitative estimate of drug-likeness (QED) is 0.645. The molecule has 0 aliphatic carbocycles. The number of nitrogens with two attached hydrogens (primary N) is 1. The van der Waals surface area contributed by atoms with Crippen LogP contribution in [0.5, 0.6) is 0 Å².